The van der Waals surface area contributed by atoms with E-state index in [2.05, 4.69) is 5.10 Å². The number of rotatable bonds is 6. The third-order valence-corrected chi connectivity index (χ3v) is 2.83. The Kier molecular flexibility index (Phi) is 4.92. The average molecular weight is 242 g/mol. The van der Waals surface area contributed by atoms with Gasteiger partial charge >= 0.3 is 0 Å². The third kappa shape index (κ3) is 3.69. The van der Waals surface area contributed by atoms with E-state index in [0.717, 1.165) is 11.4 Å². The van der Waals surface area contributed by atoms with Gasteiger partial charge in [0.05, 0.1) is 36.3 Å². The summed E-state index contributed by atoms with van der Waals surface area (Å²) in [6, 6.07) is 0. The molecule has 0 aliphatic carbocycles. The van der Waals surface area contributed by atoms with Gasteiger partial charge in [-0.1, -0.05) is 0 Å². The molecular formula is C11H22N4O2. The molecule has 1 atom stereocenters. The molecule has 0 spiro atoms. The number of aliphatic hydroxyl groups excluding tert-OH is 2. The van der Waals surface area contributed by atoms with Gasteiger partial charge < -0.3 is 20.8 Å². The molecule has 6 nitrogen and oxygen atoms in total. The van der Waals surface area contributed by atoms with E-state index in [1.165, 1.54) is 0 Å². The van der Waals surface area contributed by atoms with Crippen LogP contribution in [-0.4, -0.2) is 57.7 Å². The highest BCUT2D eigenvalue weighted by molar-refractivity contribution is 5.46. The van der Waals surface area contributed by atoms with Gasteiger partial charge in [-0.25, -0.2) is 0 Å². The molecule has 0 saturated carbocycles. The van der Waals surface area contributed by atoms with Gasteiger partial charge in [-0.05, 0) is 20.9 Å². The zero-order chi connectivity index (χ0) is 13.0. The average Bonchev–Trinajstić information content (AvgIpc) is 2.46. The van der Waals surface area contributed by atoms with Crippen LogP contribution in [0.5, 0.6) is 0 Å². The van der Waals surface area contributed by atoms with E-state index in [0.29, 0.717) is 25.3 Å². The van der Waals surface area contributed by atoms with Gasteiger partial charge in [0, 0.05) is 13.1 Å². The maximum atomic E-state index is 9.90. The normalized spacial score (nSPS) is 13.3. The van der Waals surface area contributed by atoms with Gasteiger partial charge in [-0.2, -0.15) is 5.10 Å². The molecule has 4 N–H and O–H groups in total. The third-order valence-electron chi connectivity index (χ3n) is 2.83. The lowest BCUT2D eigenvalue weighted by Gasteiger charge is -2.19. The van der Waals surface area contributed by atoms with E-state index in [1.54, 1.807) is 4.68 Å². The summed E-state index contributed by atoms with van der Waals surface area (Å²) in [4.78, 5) is 1.87. The van der Waals surface area contributed by atoms with E-state index in [-0.39, 0.29) is 6.61 Å². The fourth-order valence-electron chi connectivity index (χ4n) is 1.77. The Morgan fingerprint density at radius 2 is 2.12 bits per heavy atom. The summed E-state index contributed by atoms with van der Waals surface area (Å²) in [5, 5.41) is 22.9. The highest BCUT2D eigenvalue weighted by atomic mass is 16.3. The lowest BCUT2D eigenvalue weighted by Crippen LogP contribution is -2.34. The van der Waals surface area contributed by atoms with Crippen molar-refractivity contribution < 1.29 is 10.2 Å². The van der Waals surface area contributed by atoms with Gasteiger partial charge in [0.2, 0.25) is 0 Å². The topological polar surface area (TPSA) is 87.5 Å². The molecule has 1 heterocycles. The molecule has 1 rings (SSSR count). The Morgan fingerprint density at radius 3 is 2.59 bits per heavy atom. The maximum absolute atomic E-state index is 9.90. The van der Waals surface area contributed by atoms with Crippen LogP contribution < -0.4 is 5.73 Å². The van der Waals surface area contributed by atoms with E-state index in [4.69, 9.17) is 10.8 Å². The maximum Gasteiger partial charge on any atom is 0.0862 e. The first-order valence-electron chi connectivity index (χ1n) is 5.72. The van der Waals surface area contributed by atoms with Crippen LogP contribution in [0.4, 0.5) is 5.69 Å². The monoisotopic (exact) mass is 242 g/mol. The molecule has 0 bridgehead atoms. The van der Waals surface area contributed by atoms with Crippen molar-refractivity contribution in [3.8, 4) is 0 Å². The fourth-order valence-corrected chi connectivity index (χ4v) is 1.77. The minimum absolute atomic E-state index is 0.0933. The zero-order valence-corrected chi connectivity index (χ0v) is 10.7. The van der Waals surface area contributed by atoms with Crippen LogP contribution >= 0.6 is 0 Å². The molecule has 17 heavy (non-hydrogen) atoms. The van der Waals surface area contributed by atoms with Gasteiger partial charge in [-0.15, -0.1) is 0 Å². The quantitative estimate of drug-likeness (QED) is 0.618. The van der Waals surface area contributed by atoms with Crippen molar-refractivity contribution >= 4 is 5.69 Å². The van der Waals surface area contributed by atoms with Gasteiger partial charge in [0.1, 0.15) is 0 Å². The van der Waals surface area contributed by atoms with Crippen LogP contribution in [0.2, 0.25) is 0 Å². The minimum Gasteiger partial charge on any atom is -0.396 e. The Bertz CT molecular complexity index is 365. The largest absolute Gasteiger partial charge is 0.396 e. The molecular weight excluding hydrogens is 220 g/mol. The first-order chi connectivity index (χ1) is 7.95. The van der Waals surface area contributed by atoms with E-state index in [1.807, 2.05) is 25.8 Å². The first kappa shape index (κ1) is 14.0. The molecule has 1 unspecified atom stereocenters. The molecule has 98 valence electrons. The number of anilines is 1. The second-order valence-corrected chi connectivity index (χ2v) is 4.41. The lowest BCUT2D eigenvalue weighted by atomic mass is 10.3. The highest BCUT2D eigenvalue weighted by Gasteiger charge is 2.13. The highest BCUT2D eigenvalue weighted by Crippen LogP contribution is 2.14. The fraction of sp³-hybridized carbons (Fsp3) is 0.727. The lowest BCUT2D eigenvalue weighted by molar-refractivity contribution is 0.0970. The van der Waals surface area contributed by atoms with E-state index in [9.17, 15) is 5.11 Å². The number of aromatic nitrogens is 2. The summed E-state index contributed by atoms with van der Waals surface area (Å²) < 4.78 is 1.72. The van der Waals surface area contributed by atoms with Crippen molar-refractivity contribution in [3.05, 3.63) is 11.4 Å². The number of nitrogen functional groups attached to an aromatic ring is 1. The van der Waals surface area contributed by atoms with Crippen LogP contribution in [0, 0.1) is 13.8 Å². The molecule has 1 aromatic heterocycles. The molecule has 0 aliphatic rings. The van der Waals surface area contributed by atoms with Crippen molar-refractivity contribution in [2.24, 2.45) is 0 Å². The molecule has 0 fully saturated rings. The predicted molar refractivity (Wildman–Crippen MR) is 66.7 cm³/mol. The van der Waals surface area contributed by atoms with Crippen molar-refractivity contribution in [3.63, 3.8) is 0 Å². The van der Waals surface area contributed by atoms with Crippen molar-refractivity contribution in [2.45, 2.75) is 26.5 Å². The van der Waals surface area contributed by atoms with E-state index >= 15 is 0 Å². The SMILES string of the molecule is Cc1nn(CC(O)CN(C)CCO)c(C)c1N. The minimum atomic E-state index is -0.524. The van der Waals surface area contributed by atoms with Crippen LogP contribution in [0.15, 0.2) is 0 Å². The van der Waals surface area contributed by atoms with Gasteiger partial charge in [0.15, 0.2) is 0 Å². The number of nitrogens with zero attached hydrogens (tertiary/aromatic N) is 3. The summed E-state index contributed by atoms with van der Waals surface area (Å²) in [5.41, 5.74) is 8.17. The first-order valence-corrected chi connectivity index (χ1v) is 5.72. The van der Waals surface area contributed by atoms with Crippen LogP contribution in [0.3, 0.4) is 0 Å². The van der Waals surface area contributed by atoms with Crippen LogP contribution in [0.25, 0.3) is 0 Å². The van der Waals surface area contributed by atoms with Crippen LogP contribution in [-0.2, 0) is 6.54 Å². The summed E-state index contributed by atoms with van der Waals surface area (Å²) in [7, 11) is 1.86. The smallest absolute Gasteiger partial charge is 0.0862 e. The molecule has 0 saturated heterocycles. The van der Waals surface area contributed by atoms with Crippen molar-refractivity contribution in [2.75, 3.05) is 32.5 Å². The molecule has 0 amide bonds. The number of likely N-dealkylation sites (N-methyl/N-ethyl adjacent to an activating group) is 1. The number of hydrogen-bond donors (Lipinski definition) is 3. The predicted octanol–water partition coefficient (Wildman–Crippen LogP) is -0.633. The Labute approximate surface area is 102 Å². The number of hydrogen-bond acceptors (Lipinski definition) is 5. The Hall–Kier alpha value is -1.11. The van der Waals surface area contributed by atoms with Crippen molar-refractivity contribution in [1.82, 2.24) is 14.7 Å². The molecule has 0 aromatic carbocycles. The molecule has 0 radical (unpaired) electrons. The summed E-state index contributed by atoms with van der Waals surface area (Å²) >= 11 is 0. The summed E-state index contributed by atoms with van der Waals surface area (Å²) in [5.74, 6) is 0. The van der Waals surface area contributed by atoms with Crippen molar-refractivity contribution in [1.29, 1.82) is 0 Å². The number of aliphatic hydroxyl groups is 2. The van der Waals surface area contributed by atoms with Gasteiger partial charge in [-0.3, -0.25) is 4.68 Å². The van der Waals surface area contributed by atoms with E-state index < -0.39 is 6.10 Å². The Balaban J connectivity index is 2.56. The zero-order valence-electron chi connectivity index (χ0n) is 10.7. The standard InChI is InChI=1S/C11H22N4O2/c1-8-11(12)9(2)15(13-8)7-10(17)6-14(3)4-5-16/h10,16-17H,4-7,12H2,1-3H3. The molecule has 0 aliphatic heterocycles. The second-order valence-electron chi connectivity index (χ2n) is 4.41. The molecule has 6 heteroatoms. The van der Waals surface area contributed by atoms with Gasteiger partial charge in [0.25, 0.3) is 0 Å². The second kappa shape index (κ2) is 6.00. The summed E-state index contributed by atoms with van der Waals surface area (Å²) in [6.45, 7) is 5.30. The number of aryl methyl sites for hydroxylation is 1. The van der Waals surface area contributed by atoms with Crippen LogP contribution in [0.1, 0.15) is 11.4 Å². The Morgan fingerprint density at radius 1 is 1.47 bits per heavy atom. The summed E-state index contributed by atoms with van der Waals surface area (Å²) in [6.07, 6.45) is -0.524. The molecule has 1 aromatic rings. The number of nitrogens with two attached hydrogens (primary N) is 1.